The van der Waals surface area contributed by atoms with Gasteiger partial charge in [0.25, 0.3) is 0 Å². The molecular formula is C19H22N6O2. The third-order valence-electron chi connectivity index (χ3n) is 6.20. The summed E-state index contributed by atoms with van der Waals surface area (Å²) in [5.41, 5.74) is 0.890. The predicted molar refractivity (Wildman–Crippen MR) is 97.6 cm³/mol. The Morgan fingerprint density at radius 1 is 1.37 bits per heavy atom. The van der Waals surface area contributed by atoms with Gasteiger partial charge in [-0.3, -0.25) is 19.2 Å². The standard InChI is InChI=1S/C19H22N6O2/c26-17(20-7-10-24-11-8-21-23-24)15-12-13-4-3-9-25(13)19(15)14-5-1-2-6-16(14)22-18(19)27/h1-2,5-6,8,11,13,15H,3-4,7,9-10,12H2,(H,20,26)(H,22,27)/t13-,15+,19+/m1/s1. The van der Waals surface area contributed by atoms with Crippen molar-refractivity contribution in [3.05, 3.63) is 42.2 Å². The molecule has 140 valence electrons. The first-order valence-electron chi connectivity index (χ1n) is 9.51. The number of aromatic nitrogens is 3. The molecule has 3 aliphatic heterocycles. The lowest BCUT2D eigenvalue weighted by Gasteiger charge is -2.36. The second-order valence-corrected chi connectivity index (χ2v) is 7.50. The van der Waals surface area contributed by atoms with Crippen molar-refractivity contribution in [2.75, 3.05) is 18.4 Å². The van der Waals surface area contributed by atoms with E-state index in [9.17, 15) is 9.59 Å². The Morgan fingerprint density at radius 2 is 2.26 bits per heavy atom. The van der Waals surface area contributed by atoms with E-state index in [2.05, 4.69) is 25.8 Å². The van der Waals surface area contributed by atoms with Crippen LogP contribution in [0.4, 0.5) is 5.69 Å². The minimum atomic E-state index is -0.880. The second-order valence-electron chi connectivity index (χ2n) is 7.50. The highest BCUT2D eigenvalue weighted by Gasteiger charge is 2.65. The fraction of sp³-hybridized carbons (Fsp3) is 0.474. The highest BCUT2D eigenvalue weighted by atomic mass is 16.2. The van der Waals surface area contributed by atoms with E-state index >= 15 is 0 Å². The van der Waals surface area contributed by atoms with Gasteiger partial charge >= 0.3 is 0 Å². The zero-order valence-corrected chi connectivity index (χ0v) is 15.0. The first-order valence-corrected chi connectivity index (χ1v) is 9.51. The molecule has 1 aromatic heterocycles. The normalized spacial score (nSPS) is 29.0. The van der Waals surface area contributed by atoms with Crippen LogP contribution in [0.15, 0.2) is 36.7 Å². The van der Waals surface area contributed by atoms with Crippen LogP contribution in [0, 0.1) is 5.92 Å². The summed E-state index contributed by atoms with van der Waals surface area (Å²) in [7, 11) is 0. The lowest BCUT2D eigenvalue weighted by atomic mass is 9.78. The molecule has 1 aromatic carbocycles. The number of benzene rings is 1. The first kappa shape index (κ1) is 16.4. The quantitative estimate of drug-likeness (QED) is 0.832. The predicted octanol–water partition coefficient (Wildman–Crippen LogP) is 0.726. The third-order valence-corrected chi connectivity index (χ3v) is 6.20. The van der Waals surface area contributed by atoms with Gasteiger partial charge in [0.1, 0.15) is 5.54 Å². The summed E-state index contributed by atoms with van der Waals surface area (Å²) in [6.07, 6.45) is 6.21. The number of rotatable bonds is 4. The van der Waals surface area contributed by atoms with Crippen LogP contribution < -0.4 is 10.6 Å². The molecule has 2 aromatic rings. The molecule has 0 saturated carbocycles. The zero-order valence-electron chi connectivity index (χ0n) is 15.0. The lowest BCUT2D eigenvalue weighted by Crippen LogP contribution is -2.54. The van der Waals surface area contributed by atoms with Crippen molar-refractivity contribution in [3.63, 3.8) is 0 Å². The van der Waals surface area contributed by atoms with Crippen molar-refractivity contribution < 1.29 is 9.59 Å². The van der Waals surface area contributed by atoms with E-state index in [1.54, 1.807) is 17.1 Å². The van der Waals surface area contributed by atoms with Crippen LogP contribution in [0.5, 0.6) is 0 Å². The summed E-state index contributed by atoms with van der Waals surface area (Å²) < 4.78 is 1.68. The van der Waals surface area contributed by atoms with Crippen molar-refractivity contribution in [3.8, 4) is 0 Å². The first-order chi connectivity index (χ1) is 13.2. The van der Waals surface area contributed by atoms with E-state index in [0.29, 0.717) is 13.1 Å². The van der Waals surface area contributed by atoms with Crippen LogP contribution in [-0.2, 0) is 21.7 Å². The molecule has 1 spiro atoms. The third kappa shape index (κ3) is 2.32. The Morgan fingerprint density at radius 3 is 3.11 bits per heavy atom. The fourth-order valence-corrected chi connectivity index (χ4v) is 5.15. The number of fused-ring (bicyclic) bond motifs is 4. The van der Waals surface area contributed by atoms with E-state index < -0.39 is 5.54 Å². The number of nitrogens with zero attached hydrogens (tertiary/aromatic N) is 4. The maximum absolute atomic E-state index is 13.2. The molecule has 2 saturated heterocycles. The highest BCUT2D eigenvalue weighted by molar-refractivity contribution is 6.09. The van der Waals surface area contributed by atoms with Gasteiger partial charge in [-0.15, -0.1) is 5.10 Å². The number of hydrogen-bond donors (Lipinski definition) is 2. The summed E-state index contributed by atoms with van der Waals surface area (Å²) in [5.74, 6) is -0.511. The summed E-state index contributed by atoms with van der Waals surface area (Å²) in [5, 5.41) is 13.7. The molecule has 0 radical (unpaired) electrons. The SMILES string of the molecule is O=C(NCCn1ccnn1)[C@@H]1C[C@H]2CCCN2[C@]12C(=O)Nc1ccccc12. The Labute approximate surface area is 156 Å². The van der Waals surface area contributed by atoms with Gasteiger partial charge in [0.05, 0.1) is 18.7 Å². The molecule has 5 rings (SSSR count). The Hall–Kier alpha value is -2.74. The molecule has 8 heteroatoms. The molecule has 3 atom stereocenters. The van der Waals surface area contributed by atoms with Crippen molar-refractivity contribution in [2.45, 2.75) is 37.4 Å². The number of carbonyl (C=O) groups is 2. The minimum absolute atomic E-state index is 0.0589. The Balaban J connectivity index is 1.44. The van der Waals surface area contributed by atoms with Crippen molar-refractivity contribution in [1.82, 2.24) is 25.2 Å². The Bertz CT molecular complexity index is 882. The van der Waals surface area contributed by atoms with E-state index in [0.717, 1.165) is 37.1 Å². The molecular weight excluding hydrogens is 344 g/mol. The van der Waals surface area contributed by atoms with Crippen LogP contribution >= 0.6 is 0 Å². The molecule has 2 N–H and O–H groups in total. The highest BCUT2D eigenvalue weighted by Crippen LogP contribution is 2.55. The molecule has 0 aliphatic carbocycles. The molecule has 3 aliphatic rings. The minimum Gasteiger partial charge on any atom is -0.354 e. The van der Waals surface area contributed by atoms with E-state index in [1.807, 2.05) is 24.3 Å². The zero-order chi connectivity index (χ0) is 18.4. The maximum Gasteiger partial charge on any atom is 0.250 e. The van der Waals surface area contributed by atoms with Crippen LogP contribution in [-0.4, -0.2) is 50.8 Å². The van der Waals surface area contributed by atoms with Gasteiger partial charge in [-0.05, 0) is 31.9 Å². The second kappa shape index (κ2) is 6.16. The van der Waals surface area contributed by atoms with E-state index in [-0.39, 0.29) is 23.8 Å². The van der Waals surface area contributed by atoms with E-state index in [1.165, 1.54) is 0 Å². The van der Waals surface area contributed by atoms with Crippen LogP contribution in [0.25, 0.3) is 0 Å². The smallest absolute Gasteiger partial charge is 0.250 e. The van der Waals surface area contributed by atoms with Crippen molar-refractivity contribution in [2.24, 2.45) is 5.92 Å². The van der Waals surface area contributed by atoms with Gasteiger partial charge in [-0.1, -0.05) is 23.4 Å². The molecule has 2 fully saturated rings. The summed E-state index contributed by atoms with van der Waals surface area (Å²) in [6, 6.07) is 8.06. The van der Waals surface area contributed by atoms with Crippen molar-refractivity contribution >= 4 is 17.5 Å². The Kier molecular flexibility index (Phi) is 3.75. The molecule has 27 heavy (non-hydrogen) atoms. The van der Waals surface area contributed by atoms with Gasteiger partial charge < -0.3 is 10.6 Å². The maximum atomic E-state index is 13.2. The van der Waals surface area contributed by atoms with Crippen LogP contribution in [0.2, 0.25) is 0 Å². The molecule has 8 nitrogen and oxygen atoms in total. The molecule has 2 amide bonds. The largest absolute Gasteiger partial charge is 0.354 e. The summed E-state index contributed by atoms with van der Waals surface area (Å²) in [4.78, 5) is 28.7. The average Bonchev–Trinajstić information content (AvgIpc) is 3.42. The lowest BCUT2D eigenvalue weighted by molar-refractivity contribution is -0.137. The van der Waals surface area contributed by atoms with E-state index in [4.69, 9.17) is 0 Å². The van der Waals surface area contributed by atoms with Gasteiger partial charge in [0.2, 0.25) is 11.8 Å². The molecule has 0 unspecified atom stereocenters. The number of amides is 2. The number of hydrogen-bond acceptors (Lipinski definition) is 5. The number of nitrogens with one attached hydrogen (secondary N) is 2. The molecule has 4 heterocycles. The van der Waals surface area contributed by atoms with Gasteiger partial charge in [-0.25, -0.2) is 0 Å². The monoisotopic (exact) mass is 366 g/mol. The molecule has 0 bridgehead atoms. The van der Waals surface area contributed by atoms with Gasteiger partial charge in [0.15, 0.2) is 0 Å². The number of carbonyl (C=O) groups excluding carboxylic acids is 2. The number of anilines is 1. The fourth-order valence-electron chi connectivity index (χ4n) is 5.15. The van der Waals surface area contributed by atoms with Crippen molar-refractivity contribution in [1.29, 1.82) is 0 Å². The van der Waals surface area contributed by atoms with Gasteiger partial charge in [-0.2, -0.15) is 0 Å². The average molecular weight is 366 g/mol. The van der Waals surface area contributed by atoms with Crippen LogP contribution in [0.3, 0.4) is 0 Å². The summed E-state index contributed by atoms with van der Waals surface area (Å²) in [6.45, 7) is 1.87. The van der Waals surface area contributed by atoms with Gasteiger partial charge in [0, 0.05) is 30.0 Å². The van der Waals surface area contributed by atoms with Crippen LogP contribution in [0.1, 0.15) is 24.8 Å². The summed E-state index contributed by atoms with van der Waals surface area (Å²) >= 11 is 0. The number of para-hydroxylation sites is 1. The topological polar surface area (TPSA) is 92.2 Å².